The van der Waals surface area contributed by atoms with Crippen LogP contribution in [0.4, 0.5) is 0 Å². The number of phosphoric acid groups is 1. The molecule has 0 rings (SSSR count). The van der Waals surface area contributed by atoms with Gasteiger partial charge in [0.15, 0.2) is 6.10 Å². The largest absolute Gasteiger partial charge is 0.472 e. The monoisotopic (exact) mass is 945 g/mol. The summed E-state index contributed by atoms with van der Waals surface area (Å²) in [4.78, 5) is 35.6. The lowest BCUT2D eigenvalue weighted by Crippen LogP contribution is -2.37. The normalized spacial score (nSPS) is 13.3. The van der Waals surface area contributed by atoms with Crippen molar-refractivity contribution in [3.05, 3.63) is 0 Å². The summed E-state index contributed by atoms with van der Waals surface area (Å²) < 4.78 is 34.6. The average Bonchev–Trinajstić information content (AvgIpc) is 3.26. The molecule has 388 valence electrons. The van der Waals surface area contributed by atoms with Crippen molar-refractivity contribution in [2.45, 2.75) is 296 Å². The van der Waals surface area contributed by atoms with E-state index < -0.39 is 26.5 Å². The maximum atomic E-state index is 12.8. The Morgan fingerprint density at radius 1 is 0.415 bits per heavy atom. The maximum absolute atomic E-state index is 12.8. The average molecular weight is 945 g/mol. The second kappa shape index (κ2) is 48.1. The molecule has 1 N–H and O–H groups in total. The van der Waals surface area contributed by atoms with Crippen molar-refractivity contribution in [1.29, 1.82) is 0 Å². The van der Waals surface area contributed by atoms with Gasteiger partial charge in [0.1, 0.15) is 19.8 Å². The molecule has 0 aromatic heterocycles. The van der Waals surface area contributed by atoms with Crippen molar-refractivity contribution in [3.8, 4) is 0 Å². The van der Waals surface area contributed by atoms with Crippen LogP contribution in [0.1, 0.15) is 290 Å². The number of likely N-dealkylation sites (N-methyl/N-ethyl adjacent to an activating group) is 1. The molecule has 0 bridgehead atoms. The number of hydrogen-bond donors (Lipinski definition) is 1. The molecular weight excluding hydrogens is 834 g/mol. The number of ether oxygens (including phenoxy) is 2. The Morgan fingerprint density at radius 2 is 0.692 bits per heavy atom. The summed E-state index contributed by atoms with van der Waals surface area (Å²) in [6.45, 7) is 4.51. The lowest BCUT2D eigenvalue weighted by Gasteiger charge is -2.24. The molecule has 0 aromatic rings. The molecule has 65 heavy (non-hydrogen) atoms. The minimum Gasteiger partial charge on any atom is -0.462 e. The number of unbranched alkanes of at least 4 members (excludes halogenated alkanes) is 39. The third-order valence-electron chi connectivity index (χ3n) is 12.9. The zero-order valence-electron chi connectivity index (χ0n) is 44.0. The number of nitrogens with zero attached hydrogens (tertiary/aromatic N) is 1. The lowest BCUT2D eigenvalue weighted by molar-refractivity contribution is -0.870. The van der Waals surface area contributed by atoms with E-state index in [1.807, 2.05) is 21.1 Å². The van der Waals surface area contributed by atoms with E-state index in [0.29, 0.717) is 17.4 Å². The van der Waals surface area contributed by atoms with Crippen LogP contribution < -0.4 is 0 Å². The zero-order chi connectivity index (χ0) is 47.8. The van der Waals surface area contributed by atoms with Gasteiger partial charge in [-0.25, -0.2) is 4.57 Å². The molecule has 0 aliphatic carbocycles. The van der Waals surface area contributed by atoms with Crippen LogP contribution in [0, 0.1) is 0 Å². The van der Waals surface area contributed by atoms with Crippen LogP contribution >= 0.6 is 7.82 Å². The molecule has 0 fully saturated rings. The molecule has 0 radical (unpaired) electrons. The van der Waals surface area contributed by atoms with Crippen LogP contribution in [0.15, 0.2) is 0 Å². The van der Waals surface area contributed by atoms with E-state index in [1.54, 1.807) is 0 Å². The Balaban J connectivity index is 4.13. The van der Waals surface area contributed by atoms with E-state index in [0.717, 1.165) is 38.5 Å². The minimum atomic E-state index is -4.38. The van der Waals surface area contributed by atoms with Crippen molar-refractivity contribution in [3.63, 3.8) is 0 Å². The van der Waals surface area contributed by atoms with Gasteiger partial charge in [-0.1, -0.05) is 264 Å². The van der Waals surface area contributed by atoms with Crippen LogP contribution in [0.5, 0.6) is 0 Å². The first kappa shape index (κ1) is 64.0. The van der Waals surface area contributed by atoms with E-state index in [-0.39, 0.29) is 25.6 Å². The Labute approximate surface area is 404 Å². The first-order chi connectivity index (χ1) is 31.5. The summed E-state index contributed by atoms with van der Waals surface area (Å²) in [7, 11) is 1.50. The van der Waals surface area contributed by atoms with Gasteiger partial charge in [-0.2, -0.15) is 0 Å². The highest BCUT2D eigenvalue weighted by molar-refractivity contribution is 7.47. The van der Waals surface area contributed by atoms with Crippen molar-refractivity contribution in [1.82, 2.24) is 0 Å². The Bertz CT molecular complexity index is 1070. The molecule has 0 saturated heterocycles. The molecule has 0 saturated carbocycles. The van der Waals surface area contributed by atoms with Gasteiger partial charge in [0.05, 0.1) is 27.7 Å². The number of rotatable bonds is 53. The van der Waals surface area contributed by atoms with Crippen molar-refractivity contribution >= 4 is 19.8 Å². The molecule has 2 atom stereocenters. The summed E-state index contributed by atoms with van der Waals surface area (Å²) in [5.74, 6) is -0.774. The second-order valence-electron chi connectivity index (χ2n) is 20.7. The van der Waals surface area contributed by atoms with Gasteiger partial charge in [0, 0.05) is 12.8 Å². The predicted molar refractivity (Wildman–Crippen MR) is 275 cm³/mol. The zero-order valence-corrected chi connectivity index (χ0v) is 44.9. The van der Waals surface area contributed by atoms with Gasteiger partial charge in [0.2, 0.25) is 0 Å². The minimum absolute atomic E-state index is 0.0374. The SMILES string of the molecule is CCCCCCCCCCCCCCCCCCCCCCCC(=O)OCC(COP(=O)(O)OCC[N+](C)(C)C)OC(=O)CCCCCCCCCCCCCCCCCCCCCC. The molecule has 0 aliphatic heterocycles. The fourth-order valence-electron chi connectivity index (χ4n) is 8.49. The van der Waals surface area contributed by atoms with Gasteiger partial charge in [-0.05, 0) is 12.8 Å². The van der Waals surface area contributed by atoms with Crippen LogP contribution in [0.25, 0.3) is 0 Å². The summed E-state index contributed by atoms with van der Waals surface area (Å²) in [6, 6.07) is 0. The van der Waals surface area contributed by atoms with Crippen LogP contribution in [-0.2, 0) is 32.7 Å². The molecular formula is C55H111NO8P+. The number of hydrogen-bond acceptors (Lipinski definition) is 7. The van der Waals surface area contributed by atoms with Gasteiger partial charge in [0.25, 0.3) is 0 Å². The van der Waals surface area contributed by atoms with Crippen molar-refractivity contribution in [2.75, 3.05) is 47.5 Å². The molecule has 0 aromatic carbocycles. The lowest BCUT2D eigenvalue weighted by atomic mass is 10.0. The molecule has 0 heterocycles. The third kappa shape index (κ3) is 52.2. The van der Waals surface area contributed by atoms with E-state index in [1.165, 1.54) is 225 Å². The van der Waals surface area contributed by atoms with Crippen LogP contribution in [0.2, 0.25) is 0 Å². The van der Waals surface area contributed by atoms with Crippen molar-refractivity contribution in [2.24, 2.45) is 0 Å². The molecule has 2 unspecified atom stereocenters. The highest BCUT2D eigenvalue weighted by atomic mass is 31.2. The number of quaternary nitrogens is 1. The topological polar surface area (TPSA) is 108 Å². The van der Waals surface area contributed by atoms with Crippen molar-refractivity contribution < 1.29 is 42.1 Å². The van der Waals surface area contributed by atoms with E-state index in [4.69, 9.17) is 18.5 Å². The molecule has 0 spiro atoms. The first-order valence-electron chi connectivity index (χ1n) is 28.3. The molecule has 9 nitrogen and oxygen atoms in total. The Hall–Kier alpha value is -0.990. The Kier molecular flexibility index (Phi) is 47.3. The van der Waals surface area contributed by atoms with Gasteiger partial charge < -0.3 is 18.9 Å². The van der Waals surface area contributed by atoms with Crippen LogP contribution in [-0.4, -0.2) is 74.9 Å². The third-order valence-corrected chi connectivity index (χ3v) is 13.9. The first-order valence-corrected chi connectivity index (χ1v) is 29.8. The quantitative estimate of drug-likeness (QED) is 0.0278. The summed E-state index contributed by atoms with van der Waals surface area (Å²) in [6.07, 6.45) is 53.0. The van der Waals surface area contributed by atoms with Gasteiger partial charge >= 0.3 is 19.8 Å². The fourth-order valence-corrected chi connectivity index (χ4v) is 9.23. The van der Waals surface area contributed by atoms with Gasteiger partial charge in [-0.15, -0.1) is 0 Å². The smallest absolute Gasteiger partial charge is 0.462 e. The number of phosphoric ester groups is 1. The standard InChI is InChI=1S/C55H110NO8P/c1-6-8-10-12-14-16-18-20-22-24-26-28-30-31-33-35-37-39-41-43-45-47-54(57)61-51-53(52-63-65(59,60)62-50-49-56(3,4)5)64-55(58)48-46-44-42-40-38-36-34-32-29-27-25-23-21-19-17-15-13-11-9-7-2/h53H,6-52H2,1-5H3/p+1. The Morgan fingerprint density at radius 3 is 0.985 bits per heavy atom. The van der Waals surface area contributed by atoms with E-state index >= 15 is 0 Å². The molecule has 10 heteroatoms. The predicted octanol–water partition coefficient (Wildman–Crippen LogP) is 17.1. The molecule has 0 amide bonds. The second-order valence-corrected chi connectivity index (χ2v) is 22.1. The molecule has 0 aliphatic rings. The number of carbonyl (C=O) groups is 2. The van der Waals surface area contributed by atoms with Gasteiger partial charge in [-0.3, -0.25) is 18.6 Å². The number of esters is 2. The van der Waals surface area contributed by atoms with E-state index in [9.17, 15) is 19.0 Å². The highest BCUT2D eigenvalue weighted by Crippen LogP contribution is 2.43. The number of carbonyl (C=O) groups excluding carboxylic acids is 2. The van der Waals surface area contributed by atoms with E-state index in [2.05, 4.69) is 13.8 Å². The summed E-state index contributed by atoms with van der Waals surface area (Å²) in [5.41, 5.74) is 0. The maximum Gasteiger partial charge on any atom is 0.472 e. The van der Waals surface area contributed by atoms with Crippen LogP contribution in [0.3, 0.4) is 0 Å². The highest BCUT2D eigenvalue weighted by Gasteiger charge is 2.27. The summed E-state index contributed by atoms with van der Waals surface area (Å²) in [5, 5.41) is 0. The summed E-state index contributed by atoms with van der Waals surface area (Å²) >= 11 is 0. The fraction of sp³-hybridized carbons (Fsp3) is 0.964.